The molecule has 200 valence electrons. The number of nitrogens with one attached hydrogen (secondary N) is 1. The molecule has 0 saturated carbocycles. The molecule has 3 saturated heterocycles. The molecule has 1 N–H and O–H groups in total. The van der Waals surface area contributed by atoms with Crippen LogP contribution in [0.3, 0.4) is 0 Å². The van der Waals surface area contributed by atoms with Gasteiger partial charge in [-0.05, 0) is 62.9 Å². The summed E-state index contributed by atoms with van der Waals surface area (Å²) in [6, 6.07) is 12.2. The zero-order valence-electron chi connectivity index (χ0n) is 21.6. The van der Waals surface area contributed by atoms with Crippen LogP contribution in [0.2, 0.25) is 0 Å². The third-order valence-electron chi connectivity index (χ3n) is 8.73. The Morgan fingerprint density at radius 3 is 2.71 bits per heavy atom. The average Bonchev–Trinajstić information content (AvgIpc) is 3.58. The summed E-state index contributed by atoms with van der Waals surface area (Å²) < 4.78 is 19.0. The molecule has 1 spiro atoms. The summed E-state index contributed by atoms with van der Waals surface area (Å²) in [5, 5.41) is 3.09. The Hall–Kier alpha value is -3.46. The fraction of sp³-hybridized carbons (Fsp3) is 0.483. The Morgan fingerprint density at radius 2 is 1.87 bits per heavy atom. The molecular weight excluding hydrogens is 487 g/mol. The fourth-order valence-corrected chi connectivity index (χ4v) is 7.10. The van der Waals surface area contributed by atoms with Crippen LogP contribution in [-0.4, -0.2) is 73.4 Å². The monoisotopic (exact) mass is 520 g/mol. The molecule has 9 heteroatoms. The number of ether oxygens (including phenoxy) is 1. The first-order chi connectivity index (χ1) is 18.5. The van der Waals surface area contributed by atoms with Crippen LogP contribution in [0.5, 0.6) is 5.75 Å². The number of carbonyl (C=O) groups is 3. The number of benzene rings is 2. The smallest absolute Gasteiger partial charge is 0.253 e. The number of hydrogen-bond donors (Lipinski definition) is 1. The van der Waals surface area contributed by atoms with Gasteiger partial charge in [0.25, 0.3) is 11.8 Å². The maximum atomic E-state index is 14.4. The molecular formula is C29H33FN4O4. The number of hydrogen-bond acceptors (Lipinski definition) is 5. The Labute approximate surface area is 221 Å². The van der Waals surface area contributed by atoms with Crippen LogP contribution >= 0.6 is 0 Å². The van der Waals surface area contributed by atoms with E-state index in [1.54, 1.807) is 4.90 Å². The number of nitrogens with zero attached hydrogens (tertiary/aromatic N) is 3. The van der Waals surface area contributed by atoms with Gasteiger partial charge >= 0.3 is 0 Å². The minimum Gasteiger partial charge on any atom is -0.494 e. The minimum atomic E-state index is -0.962. The number of methoxy groups -OCH3 is 1. The van der Waals surface area contributed by atoms with Crippen molar-refractivity contribution in [2.75, 3.05) is 44.7 Å². The van der Waals surface area contributed by atoms with Gasteiger partial charge in [-0.3, -0.25) is 19.3 Å². The maximum Gasteiger partial charge on any atom is 0.253 e. The summed E-state index contributed by atoms with van der Waals surface area (Å²) in [7, 11) is 1.37. The summed E-state index contributed by atoms with van der Waals surface area (Å²) in [5.41, 5.74) is 1.17. The molecule has 2 bridgehead atoms. The third-order valence-corrected chi connectivity index (χ3v) is 8.73. The van der Waals surface area contributed by atoms with Crippen LogP contribution in [0.15, 0.2) is 42.5 Å². The van der Waals surface area contributed by atoms with Crippen molar-refractivity contribution in [1.29, 1.82) is 0 Å². The molecule has 38 heavy (non-hydrogen) atoms. The maximum absolute atomic E-state index is 14.4. The zero-order valence-corrected chi connectivity index (χ0v) is 21.6. The number of para-hydroxylation sites is 1. The molecule has 6 rings (SSSR count). The van der Waals surface area contributed by atoms with E-state index in [9.17, 15) is 18.8 Å². The second-order valence-electron chi connectivity index (χ2n) is 10.7. The largest absolute Gasteiger partial charge is 0.494 e. The van der Waals surface area contributed by atoms with E-state index in [-0.39, 0.29) is 29.5 Å². The molecule has 0 unspecified atom stereocenters. The molecule has 3 atom stereocenters. The van der Waals surface area contributed by atoms with Crippen LogP contribution < -0.4 is 15.0 Å². The lowest BCUT2D eigenvalue weighted by atomic mass is 9.78. The van der Waals surface area contributed by atoms with Crippen molar-refractivity contribution < 1.29 is 23.5 Å². The van der Waals surface area contributed by atoms with E-state index in [0.717, 1.165) is 30.6 Å². The standard InChI is InChI=1S/C29H33FN4O4/c1-38-25-17-19(10-11-23(25)30)27(36)32-13-5-12-31-26(35)22-18-20-7-4-16-34(20)29(22)21-8-2-3-9-24(21)33(28(29)37)15-6-14-32/h2-3,8-11,17,20,22H,4-7,12-16,18H2,1H3,(H,31,35)/t20-,22+,29+/m0/s1. The summed E-state index contributed by atoms with van der Waals surface area (Å²) in [5.74, 6) is -1.30. The van der Waals surface area contributed by atoms with E-state index >= 15 is 0 Å². The van der Waals surface area contributed by atoms with Crippen LogP contribution in [-0.2, 0) is 15.1 Å². The van der Waals surface area contributed by atoms with Crippen LogP contribution in [0.4, 0.5) is 10.1 Å². The van der Waals surface area contributed by atoms with Crippen LogP contribution in [0.1, 0.15) is 48.0 Å². The fourth-order valence-electron chi connectivity index (χ4n) is 7.10. The third kappa shape index (κ3) is 3.70. The van der Waals surface area contributed by atoms with E-state index in [2.05, 4.69) is 10.2 Å². The number of amides is 3. The van der Waals surface area contributed by atoms with Gasteiger partial charge in [-0.1, -0.05) is 18.2 Å². The Morgan fingerprint density at radius 1 is 1.05 bits per heavy atom. The highest BCUT2D eigenvalue weighted by molar-refractivity contribution is 6.11. The predicted molar refractivity (Wildman–Crippen MR) is 139 cm³/mol. The van der Waals surface area contributed by atoms with E-state index in [0.29, 0.717) is 51.0 Å². The summed E-state index contributed by atoms with van der Waals surface area (Å²) >= 11 is 0. The van der Waals surface area contributed by atoms with Crippen LogP contribution in [0, 0.1) is 11.7 Å². The molecule has 4 aliphatic heterocycles. The zero-order chi connectivity index (χ0) is 26.4. The lowest BCUT2D eigenvalue weighted by molar-refractivity contribution is -0.138. The number of rotatable bonds is 2. The van der Waals surface area contributed by atoms with E-state index in [4.69, 9.17) is 4.74 Å². The van der Waals surface area contributed by atoms with Crippen molar-refractivity contribution in [2.45, 2.75) is 43.7 Å². The van der Waals surface area contributed by atoms with Crippen molar-refractivity contribution in [1.82, 2.24) is 15.1 Å². The first kappa shape index (κ1) is 24.9. The van der Waals surface area contributed by atoms with Gasteiger partial charge in [0.05, 0.1) is 13.0 Å². The van der Waals surface area contributed by atoms with Crippen molar-refractivity contribution >= 4 is 23.4 Å². The molecule has 8 nitrogen and oxygen atoms in total. The number of halogens is 1. The molecule has 0 radical (unpaired) electrons. The number of fused-ring (bicyclic) bond motifs is 4. The van der Waals surface area contributed by atoms with Gasteiger partial charge in [0, 0.05) is 49.0 Å². The lowest BCUT2D eigenvalue weighted by Gasteiger charge is -2.37. The summed E-state index contributed by atoms with van der Waals surface area (Å²) in [4.78, 5) is 47.3. The number of anilines is 1. The van der Waals surface area contributed by atoms with Crippen LogP contribution in [0.25, 0.3) is 0 Å². The molecule has 3 amide bonds. The first-order valence-corrected chi connectivity index (χ1v) is 13.6. The molecule has 3 fully saturated rings. The van der Waals surface area contributed by atoms with Gasteiger partial charge in [-0.2, -0.15) is 0 Å². The summed E-state index contributed by atoms with van der Waals surface area (Å²) in [6.45, 7) is 2.54. The average molecular weight is 521 g/mol. The Balaban J connectivity index is 1.32. The predicted octanol–water partition coefficient (Wildman–Crippen LogP) is 2.91. The second kappa shape index (κ2) is 9.69. The van der Waals surface area contributed by atoms with E-state index in [1.807, 2.05) is 29.2 Å². The quantitative estimate of drug-likeness (QED) is 0.659. The van der Waals surface area contributed by atoms with E-state index < -0.39 is 17.3 Å². The van der Waals surface area contributed by atoms with Crippen molar-refractivity contribution in [3.8, 4) is 5.75 Å². The molecule has 2 aromatic carbocycles. The number of carbonyl (C=O) groups excluding carboxylic acids is 3. The topological polar surface area (TPSA) is 82.2 Å². The molecule has 4 aliphatic rings. The highest BCUT2D eigenvalue weighted by Crippen LogP contribution is 2.57. The van der Waals surface area contributed by atoms with Gasteiger partial charge in [-0.25, -0.2) is 4.39 Å². The normalized spacial score (nSPS) is 27.5. The highest BCUT2D eigenvalue weighted by Gasteiger charge is 2.67. The Bertz CT molecular complexity index is 1280. The van der Waals surface area contributed by atoms with Gasteiger partial charge in [0.1, 0.15) is 5.54 Å². The van der Waals surface area contributed by atoms with Crippen molar-refractivity contribution in [2.24, 2.45) is 5.92 Å². The lowest BCUT2D eigenvalue weighted by Crippen LogP contribution is -2.56. The first-order valence-electron chi connectivity index (χ1n) is 13.6. The summed E-state index contributed by atoms with van der Waals surface area (Å²) in [6.07, 6.45) is 3.87. The van der Waals surface area contributed by atoms with Gasteiger partial charge in [0.2, 0.25) is 5.91 Å². The van der Waals surface area contributed by atoms with Gasteiger partial charge in [0.15, 0.2) is 11.6 Å². The molecule has 4 heterocycles. The van der Waals surface area contributed by atoms with Gasteiger partial charge < -0.3 is 19.9 Å². The SMILES string of the molecule is COc1cc(C(=O)N2CCCNC(=O)[C@H]3C[C@@H]4CCCN4[C@@]34C(=O)N(CCC2)c2ccccc24)ccc1F. The van der Waals surface area contributed by atoms with Crippen molar-refractivity contribution in [3.05, 3.63) is 59.4 Å². The molecule has 0 aromatic heterocycles. The highest BCUT2D eigenvalue weighted by atomic mass is 19.1. The van der Waals surface area contributed by atoms with E-state index in [1.165, 1.54) is 25.3 Å². The second-order valence-corrected chi connectivity index (χ2v) is 10.7. The van der Waals surface area contributed by atoms with Gasteiger partial charge in [-0.15, -0.1) is 0 Å². The molecule has 0 aliphatic carbocycles. The minimum absolute atomic E-state index is 0.0188. The molecule has 2 aromatic rings. The van der Waals surface area contributed by atoms with Crippen molar-refractivity contribution in [3.63, 3.8) is 0 Å². The Kier molecular flexibility index (Phi) is 6.34.